The first kappa shape index (κ1) is 19.5. The molecule has 0 aliphatic rings. The van der Waals surface area contributed by atoms with Crippen molar-refractivity contribution >= 4 is 29.4 Å². The standard InChI is InChI=1S/C22H18ClNO4/c23-19-10-2-1-9-18(19)22(27)20-11-5-13-24(20)12-4-7-16-6-3-8-17(14-16)28-15-21(25)26/h1-11,13-14H,12,15H2,(H,25,26)/b7-4+. The normalized spacial score (nSPS) is 10.9. The van der Waals surface area contributed by atoms with Crippen molar-refractivity contribution in [3.63, 3.8) is 0 Å². The predicted molar refractivity (Wildman–Crippen MR) is 108 cm³/mol. The van der Waals surface area contributed by atoms with Crippen molar-refractivity contribution < 1.29 is 19.4 Å². The number of allylic oxidation sites excluding steroid dienone is 1. The summed E-state index contributed by atoms with van der Waals surface area (Å²) in [6.45, 7) is 0.114. The minimum Gasteiger partial charge on any atom is -0.482 e. The SMILES string of the molecule is O=C(O)COc1cccc(/C=C/Cn2cccc2C(=O)c2ccccc2Cl)c1. The van der Waals surface area contributed by atoms with Crippen molar-refractivity contribution in [3.05, 3.63) is 94.8 Å². The quantitative estimate of drug-likeness (QED) is 0.568. The van der Waals surface area contributed by atoms with Crippen LogP contribution in [0, 0.1) is 0 Å². The first-order valence-corrected chi connectivity index (χ1v) is 8.98. The minimum atomic E-state index is -1.02. The molecule has 28 heavy (non-hydrogen) atoms. The Labute approximate surface area is 167 Å². The van der Waals surface area contributed by atoms with Gasteiger partial charge in [-0.3, -0.25) is 4.79 Å². The summed E-state index contributed by atoms with van der Waals surface area (Å²) in [5, 5.41) is 9.11. The van der Waals surface area contributed by atoms with E-state index in [9.17, 15) is 9.59 Å². The van der Waals surface area contributed by atoms with E-state index in [0.29, 0.717) is 28.6 Å². The number of carboxylic acids is 1. The van der Waals surface area contributed by atoms with Gasteiger partial charge in [0.1, 0.15) is 5.75 Å². The molecule has 1 N–H and O–H groups in total. The van der Waals surface area contributed by atoms with Crippen LogP contribution in [0.5, 0.6) is 5.75 Å². The lowest BCUT2D eigenvalue weighted by Crippen LogP contribution is -2.09. The van der Waals surface area contributed by atoms with Gasteiger partial charge < -0.3 is 14.4 Å². The Morgan fingerprint density at radius 1 is 1.07 bits per heavy atom. The Kier molecular flexibility index (Phi) is 6.29. The van der Waals surface area contributed by atoms with Crippen molar-refractivity contribution in [2.75, 3.05) is 6.61 Å². The number of hydrogen-bond donors (Lipinski definition) is 1. The largest absolute Gasteiger partial charge is 0.482 e. The number of carbonyl (C=O) groups excluding carboxylic acids is 1. The van der Waals surface area contributed by atoms with Crippen LogP contribution < -0.4 is 4.74 Å². The fraction of sp³-hybridized carbons (Fsp3) is 0.0909. The Hall–Kier alpha value is -3.31. The average molecular weight is 396 g/mol. The second-order valence-corrected chi connectivity index (χ2v) is 6.42. The van der Waals surface area contributed by atoms with Crippen LogP contribution in [0.25, 0.3) is 6.08 Å². The van der Waals surface area contributed by atoms with E-state index in [1.807, 2.05) is 35.0 Å². The summed E-state index contributed by atoms with van der Waals surface area (Å²) in [4.78, 5) is 23.4. The number of halogens is 1. The number of aliphatic carboxylic acids is 1. The number of carboxylic acid groups (broad SMARTS) is 1. The summed E-state index contributed by atoms with van der Waals surface area (Å²) < 4.78 is 7.02. The van der Waals surface area contributed by atoms with Crippen LogP contribution >= 0.6 is 11.6 Å². The molecule has 1 aromatic heterocycles. The van der Waals surface area contributed by atoms with Crippen molar-refractivity contribution in [2.45, 2.75) is 6.54 Å². The molecule has 0 saturated carbocycles. The van der Waals surface area contributed by atoms with Gasteiger partial charge >= 0.3 is 5.97 Å². The van der Waals surface area contributed by atoms with Gasteiger partial charge in [0.15, 0.2) is 6.61 Å². The van der Waals surface area contributed by atoms with E-state index in [1.165, 1.54) is 0 Å². The lowest BCUT2D eigenvalue weighted by atomic mass is 10.1. The van der Waals surface area contributed by atoms with Gasteiger partial charge in [-0.25, -0.2) is 4.79 Å². The average Bonchev–Trinajstić information content (AvgIpc) is 3.15. The molecule has 2 aromatic carbocycles. The topological polar surface area (TPSA) is 68.5 Å². The second kappa shape index (κ2) is 9.06. The molecule has 142 valence electrons. The fourth-order valence-corrected chi connectivity index (χ4v) is 2.94. The molecule has 0 fully saturated rings. The first-order chi connectivity index (χ1) is 13.5. The van der Waals surface area contributed by atoms with Crippen LogP contribution in [0.2, 0.25) is 5.02 Å². The molecule has 6 heteroatoms. The molecule has 3 rings (SSSR count). The van der Waals surface area contributed by atoms with E-state index >= 15 is 0 Å². The zero-order chi connectivity index (χ0) is 19.9. The zero-order valence-electron chi connectivity index (χ0n) is 14.9. The summed E-state index contributed by atoms with van der Waals surface area (Å²) in [5.41, 5.74) is 1.89. The van der Waals surface area contributed by atoms with Gasteiger partial charge in [-0.15, -0.1) is 0 Å². The smallest absolute Gasteiger partial charge is 0.341 e. The van der Waals surface area contributed by atoms with E-state index in [1.54, 1.807) is 48.5 Å². The van der Waals surface area contributed by atoms with Crippen molar-refractivity contribution in [1.82, 2.24) is 4.57 Å². The Balaban J connectivity index is 1.70. The maximum Gasteiger partial charge on any atom is 0.341 e. The highest BCUT2D eigenvalue weighted by atomic mass is 35.5. The monoisotopic (exact) mass is 395 g/mol. The zero-order valence-corrected chi connectivity index (χ0v) is 15.7. The molecule has 0 aliphatic carbocycles. The number of rotatable bonds is 8. The van der Waals surface area contributed by atoms with Crippen molar-refractivity contribution in [3.8, 4) is 5.75 Å². The summed E-state index contributed by atoms with van der Waals surface area (Å²) in [5.74, 6) is -0.669. The van der Waals surface area contributed by atoms with E-state index in [0.717, 1.165) is 5.56 Å². The molecule has 0 spiro atoms. The molecule has 1 heterocycles. The molecular formula is C22H18ClNO4. The molecule has 0 bridgehead atoms. The maximum absolute atomic E-state index is 12.8. The number of ketones is 1. The van der Waals surface area contributed by atoms with E-state index in [-0.39, 0.29) is 12.4 Å². The Morgan fingerprint density at radius 3 is 2.68 bits per heavy atom. The van der Waals surface area contributed by atoms with Crippen LogP contribution in [0.4, 0.5) is 0 Å². The molecular weight excluding hydrogens is 378 g/mol. The van der Waals surface area contributed by atoms with Gasteiger partial charge in [0.05, 0.1) is 10.7 Å². The summed E-state index contributed by atoms with van der Waals surface area (Å²) in [6, 6.07) is 17.7. The molecule has 3 aromatic rings. The molecule has 5 nitrogen and oxygen atoms in total. The highest BCUT2D eigenvalue weighted by Crippen LogP contribution is 2.20. The van der Waals surface area contributed by atoms with Crippen LogP contribution in [0.15, 0.2) is 72.9 Å². The molecule has 0 unspecified atom stereocenters. The summed E-state index contributed by atoms with van der Waals surface area (Å²) in [7, 11) is 0. The van der Waals surface area contributed by atoms with Crippen LogP contribution in [0.1, 0.15) is 21.6 Å². The highest BCUT2D eigenvalue weighted by Gasteiger charge is 2.15. The lowest BCUT2D eigenvalue weighted by Gasteiger charge is -2.07. The van der Waals surface area contributed by atoms with E-state index < -0.39 is 5.97 Å². The van der Waals surface area contributed by atoms with Crippen molar-refractivity contribution in [2.24, 2.45) is 0 Å². The lowest BCUT2D eigenvalue weighted by molar-refractivity contribution is -0.139. The molecule has 0 saturated heterocycles. The fourth-order valence-electron chi connectivity index (χ4n) is 2.72. The molecule has 0 amide bonds. The number of hydrogen-bond acceptors (Lipinski definition) is 3. The third kappa shape index (κ3) is 4.90. The Morgan fingerprint density at radius 2 is 1.89 bits per heavy atom. The van der Waals surface area contributed by atoms with E-state index in [2.05, 4.69) is 0 Å². The van der Waals surface area contributed by atoms with Crippen molar-refractivity contribution in [1.29, 1.82) is 0 Å². The minimum absolute atomic E-state index is 0.131. The van der Waals surface area contributed by atoms with Crippen LogP contribution in [-0.4, -0.2) is 28.0 Å². The Bertz CT molecular complexity index is 1020. The molecule has 0 radical (unpaired) electrons. The highest BCUT2D eigenvalue weighted by molar-refractivity contribution is 6.34. The molecule has 0 aliphatic heterocycles. The van der Waals surface area contributed by atoms with Gasteiger partial charge in [-0.2, -0.15) is 0 Å². The van der Waals surface area contributed by atoms with Gasteiger partial charge in [-0.1, -0.05) is 48.0 Å². The maximum atomic E-state index is 12.8. The van der Waals surface area contributed by atoms with E-state index in [4.69, 9.17) is 21.4 Å². The number of carbonyl (C=O) groups is 2. The first-order valence-electron chi connectivity index (χ1n) is 8.60. The number of ether oxygens (including phenoxy) is 1. The van der Waals surface area contributed by atoms with Gasteiger partial charge in [0, 0.05) is 18.3 Å². The third-order valence-electron chi connectivity index (χ3n) is 4.01. The van der Waals surface area contributed by atoms with Gasteiger partial charge in [0.2, 0.25) is 5.78 Å². The summed E-state index contributed by atoms with van der Waals surface area (Å²) >= 11 is 6.14. The summed E-state index contributed by atoms with van der Waals surface area (Å²) in [6.07, 6.45) is 5.64. The second-order valence-electron chi connectivity index (χ2n) is 6.01. The van der Waals surface area contributed by atoms with Gasteiger partial charge in [0.25, 0.3) is 0 Å². The van der Waals surface area contributed by atoms with Crippen LogP contribution in [0.3, 0.4) is 0 Å². The number of aromatic nitrogens is 1. The molecule has 0 atom stereocenters. The van der Waals surface area contributed by atoms with Gasteiger partial charge in [-0.05, 0) is 42.0 Å². The number of nitrogens with zero attached hydrogens (tertiary/aromatic N) is 1. The predicted octanol–water partition coefficient (Wildman–Crippen LogP) is 4.55. The van der Waals surface area contributed by atoms with Crippen LogP contribution in [-0.2, 0) is 11.3 Å². The third-order valence-corrected chi connectivity index (χ3v) is 4.34. The number of benzene rings is 2.